The van der Waals surface area contributed by atoms with Gasteiger partial charge in [0.25, 0.3) is 0 Å². The van der Waals surface area contributed by atoms with Crippen molar-refractivity contribution in [1.82, 2.24) is 0 Å². The van der Waals surface area contributed by atoms with Crippen LogP contribution in [0.4, 0.5) is 0 Å². The van der Waals surface area contributed by atoms with Crippen LogP contribution < -0.4 is 0 Å². The number of unbranched alkanes of at least 4 members (excludes halogenated alkanes) is 1. The molecule has 1 rings (SSSR count). The van der Waals surface area contributed by atoms with E-state index in [1.54, 1.807) is 12.1 Å². The molecule has 0 atom stereocenters. The fourth-order valence-corrected chi connectivity index (χ4v) is 1.23. The van der Waals surface area contributed by atoms with Crippen molar-refractivity contribution >= 4 is 11.9 Å². The van der Waals surface area contributed by atoms with Crippen molar-refractivity contribution < 1.29 is 41.2 Å². The molecular weight excluding hydrogens is 256 g/mol. The molecule has 17 heavy (non-hydrogen) atoms. The summed E-state index contributed by atoms with van der Waals surface area (Å²) in [6.07, 6.45) is 1.70. The molecule has 0 aliphatic carbocycles. The zero-order valence-electron chi connectivity index (χ0n) is 9.60. The molecule has 1 aromatic carbocycles. The molecule has 0 saturated carbocycles. The Morgan fingerprint density at radius 1 is 1.24 bits per heavy atom. The maximum atomic E-state index is 11.6. The zero-order valence-corrected chi connectivity index (χ0v) is 11.2. The third-order valence-electron chi connectivity index (χ3n) is 2.11. The Morgan fingerprint density at radius 2 is 1.82 bits per heavy atom. The number of esters is 1. The minimum absolute atomic E-state index is 0. The Balaban J connectivity index is 0.00000256. The smallest absolute Gasteiger partial charge is 0.339 e. The van der Waals surface area contributed by atoms with Crippen molar-refractivity contribution in [2.24, 2.45) is 0 Å². The number of benzene rings is 1. The molecule has 0 unspecified atom stereocenters. The first-order chi connectivity index (χ1) is 7.66. The van der Waals surface area contributed by atoms with Crippen LogP contribution in [0, 0.1) is 0 Å². The van der Waals surface area contributed by atoms with Crippen molar-refractivity contribution in [2.45, 2.75) is 19.8 Å². The van der Waals surface area contributed by atoms with E-state index >= 15 is 0 Å². The van der Waals surface area contributed by atoms with Crippen LogP contribution in [-0.4, -0.2) is 23.7 Å². The molecule has 1 N–H and O–H groups in total. The van der Waals surface area contributed by atoms with Gasteiger partial charge in [0.15, 0.2) is 0 Å². The predicted molar refractivity (Wildman–Crippen MR) is 58.6 cm³/mol. The van der Waals surface area contributed by atoms with Crippen LogP contribution in [0.5, 0.6) is 0 Å². The Hall–Kier alpha value is -1.13. The van der Waals surface area contributed by atoms with Gasteiger partial charge in [-0.2, -0.15) is 0 Å². The molecule has 0 radical (unpaired) electrons. The molecule has 0 saturated heterocycles. The van der Waals surface area contributed by atoms with Gasteiger partial charge in [0.2, 0.25) is 0 Å². The number of carbonyl (C=O) groups is 2. The normalized spacial score (nSPS) is 9.24. The second kappa shape index (κ2) is 8.04. The molecule has 5 heteroatoms. The van der Waals surface area contributed by atoms with E-state index in [9.17, 15) is 9.59 Å². The van der Waals surface area contributed by atoms with Gasteiger partial charge in [-0.25, -0.2) is 9.59 Å². The molecule has 0 amide bonds. The second-order valence-electron chi connectivity index (χ2n) is 3.34. The summed E-state index contributed by atoms with van der Waals surface area (Å²) in [6.45, 7) is 2.31. The number of rotatable bonds is 5. The van der Waals surface area contributed by atoms with E-state index in [2.05, 4.69) is 0 Å². The molecule has 0 aromatic heterocycles. The SMILES string of the molecule is CCCCOC(=O)c1ccccc1C(=O)O.[Ti]. The molecule has 1 aromatic rings. The number of hydrogen-bond acceptors (Lipinski definition) is 3. The average molecular weight is 270 g/mol. The van der Waals surface area contributed by atoms with Crippen LogP contribution in [-0.2, 0) is 26.5 Å². The van der Waals surface area contributed by atoms with E-state index in [0.29, 0.717) is 6.61 Å². The minimum Gasteiger partial charge on any atom is -0.478 e. The van der Waals surface area contributed by atoms with Gasteiger partial charge in [-0.15, -0.1) is 0 Å². The Labute approximate surface area is 115 Å². The summed E-state index contributed by atoms with van der Waals surface area (Å²) in [7, 11) is 0. The van der Waals surface area contributed by atoms with Crippen molar-refractivity contribution in [3.05, 3.63) is 35.4 Å². The quantitative estimate of drug-likeness (QED) is 0.506. The third kappa shape index (κ3) is 4.71. The Kier molecular flexibility index (Phi) is 7.51. The summed E-state index contributed by atoms with van der Waals surface area (Å²) in [6, 6.07) is 6.03. The first-order valence-electron chi connectivity index (χ1n) is 5.16. The topological polar surface area (TPSA) is 63.6 Å². The summed E-state index contributed by atoms with van der Waals surface area (Å²) < 4.78 is 4.96. The average Bonchev–Trinajstić information content (AvgIpc) is 2.29. The number of carboxylic acids is 1. The van der Waals surface area contributed by atoms with E-state index in [-0.39, 0.29) is 32.8 Å². The first kappa shape index (κ1) is 15.9. The minimum atomic E-state index is -1.12. The number of aromatic carboxylic acids is 1. The summed E-state index contributed by atoms with van der Waals surface area (Å²) >= 11 is 0. The van der Waals surface area contributed by atoms with Gasteiger partial charge < -0.3 is 9.84 Å². The van der Waals surface area contributed by atoms with Crippen LogP contribution >= 0.6 is 0 Å². The van der Waals surface area contributed by atoms with Crippen LogP contribution in [0.25, 0.3) is 0 Å². The molecule has 0 bridgehead atoms. The number of ether oxygens (including phenoxy) is 1. The van der Waals surface area contributed by atoms with Crippen LogP contribution in [0.15, 0.2) is 24.3 Å². The summed E-state index contributed by atoms with van der Waals surface area (Å²) in [5.41, 5.74) is 0.0788. The van der Waals surface area contributed by atoms with Gasteiger partial charge >= 0.3 is 11.9 Å². The van der Waals surface area contributed by atoms with Gasteiger partial charge in [-0.1, -0.05) is 25.5 Å². The summed E-state index contributed by atoms with van der Waals surface area (Å²) in [4.78, 5) is 22.4. The van der Waals surface area contributed by atoms with Crippen molar-refractivity contribution in [3.8, 4) is 0 Å². The van der Waals surface area contributed by atoms with Gasteiger partial charge in [0, 0.05) is 21.7 Å². The second-order valence-corrected chi connectivity index (χ2v) is 3.34. The van der Waals surface area contributed by atoms with Crippen LogP contribution in [0.3, 0.4) is 0 Å². The zero-order chi connectivity index (χ0) is 12.0. The first-order valence-corrected chi connectivity index (χ1v) is 5.16. The van der Waals surface area contributed by atoms with Gasteiger partial charge in [-0.3, -0.25) is 0 Å². The van der Waals surface area contributed by atoms with Gasteiger partial charge in [-0.05, 0) is 18.6 Å². The predicted octanol–water partition coefficient (Wildman–Crippen LogP) is 2.34. The van der Waals surface area contributed by atoms with Crippen LogP contribution in [0.1, 0.15) is 40.5 Å². The number of carboxylic acid groups (broad SMARTS) is 1. The number of carbonyl (C=O) groups excluding carboxylic acids is 1. The maximum absolute atomic E-state index is 11.6. The van der Waals surface area contributed by atoms with Gasteiger partial charge in [0.05, 0.1) is 17.7 Å². The van der Waals surface area contributed by atoms with Crippen molar-refractivity contribution in [3.63, 3.8) is 0 Å². The molecule has 0 aliphatic rings. The molecule has 4 nitrogen and oxygen atoms in total. The largest absolute Gasteiger partial charge is 0.478 e. The van der Waals surface area contributed by atoms with Crippen molar-refractivity contribution in [1.29, 1.82) is 0 Å². The Bertz CT molecular complexity index is 390. The van der Waals surface area contributed by atoms with E-state index in [1.165, 1.54) is 12.1 Å². The fourth-order valence-electron chi connectivity index (χ4n) is 1.23. The van der Waals surface area contributed by atoms with Crippen molar-refractivity contribution in [2.75, 3.05) is 6.61 Å². The van der Waals surface area contributed by atoms with E-state index in [0.717, 1.165) is 12.8 Å². The molecule has 0 aliphatic heterocycles. The third-order valence-corrected chi connectivity index (χ3v) is 2.11. The molecule has 0 heterocycles. The van der Waals surface area contributed by atoms with E-state index in [1.807, 2.05) is 6.92 Å². The fraction of sp³-hybridized carbons (Fsp3) is 0.333. The standard InChI is InChI=1S/C12H14O4.Ti/c1-2-3-8-16-12(15)10-7-5-4-6-9(10)11(13)14;/h4-7H,2-3,8H2,1H3,(H,13,14);. The van der Waals surface area contributed by atoms with E-state index in [4.69, 9.17) is 9.84 Å². The van der Waals surface area contributed by atoms with Gasteiger partial charge in [0.1, 0.15) is 0 Å². The number of hydrogen-bond donors (Lipinski definition) is 1. The van der Waals surface area contributed by atoms with Crippen LogP contribution in [0.2, 0.25) is 0 Å². The summed E-state index contributed by atoms with van der Waals surface area (Å²) in [5, 5.41) is 8.88. The Morgan fingerprint density at radius 3 is 2.35 bits per heavy atom. The molecular formula is C12H14O4Ti. The molecule has 0 spiro atoms. The molecule has 90 valence electrons. The molecule has 0 fully saturated rings. The van der Waals surface area contributed by atoms with E-state index < -0.39 is 11.9 Å². The maximum Gasteiger partial charge on any atom is 0.339 e. The summed E-state index contributed by atoms with van der Waals surface area (Å²) in [5.74, 6) is -1.70. The monoisotopic (exact) mass is 270 g/mol.